The van der Waals surface area contributed by atoms with E-state index in [-0.39, 0.29) is 58.9 Å². The lowest BCUT2D eigenvalue weighted by Crippen LogP contribution is -2.42. The molecule has 0 aliphatic carbocycles. The summed E-state index contributed by atoms with van der Waals surface area (Å²) in [5, 5.41) is 10.1. The number of hydrogen-bond acceptors (Lipinski definition) is 8. The molecule has 2 heterocycles. The lowest BCUT2D eigenvalue weighted by molar-refractivity contribution is -0.127. The van der Waals surface area contributed by atoms with Crippen molar-refractivity contribution in [3.63, 3.8) is 0 Å². The molecule has 4 rings (SSSR count). The van der Waals surface area contributed by atoms with Crippen LogP contribution in [0.2, 0.25) is 0 Å². The Bertz CT molecular complexity index is 1980. The molecule has 1 aromatic heterocycles. The van der Waals surface area contributed by atoms with Crippen LogP contribution in [-0.2, 0) is 19.1 Å². The summed E-state index contributed by atoms with van der Waals surface area (Å²) in [6.45, 7) is 20.0. The number of ether oxygens (including phenoxy) is 3. The number of aromatic nitrogens is 1. The van der Waals surface area contributed by atoms with E-state index in [0.29, 0.717) is 32.2 Å². The van der Waals surface area contributed by atoms with Gasteiger partial charge in [-0.1, -0.05) is 90.6 Å². The van der Waals surface area contributed by atoms with Crippen LogP contribution in [-0.4, -0.2) is 74.1 Å². The number of carbonyl (C=O) groups is 4. The van der Waals surface area contributed by atoms with Gasteiger partial charge in [0.15, 0.2) is 18.2 Å². The van der Waals surface area contributed by atoms with E-state index in [9.17, 15) is 19.2 Å². The highest BCUT2D eigenvalue weighted by Crippen LogP contribution is 2.29. The molecule has 1 atom stereocenters. The van der Waals surface area contributed by atoms with Crippen molar-refractivity contribution < 1.29 is 33.4 Å². The Balaban J connectivity index is 1.15. The Morgan fingerprint density at radius 3 is 2.18 bits per heavy atom. The molecular weight excluding hydrogens is 697 g/mol. The van der Waals surface area contributed by atoms with E-state index in [0.717, 1.165) is 33.3 Å². The highest BCUT2D eigenvalue weighted by Gasteiger charge is 2.25. The second kappa shape index (κ2) is 18.9. The number of carbonyl (C=O) groups excluding carboxylic acids is 4. The van der Waals surface area contributed by atoms with Crippen LogP contribution in [0.15, 0.2) is 67.4 Å². The van der Waals surface area contributed by atoms with Crippen molar-refractivity contribution in [2.75, 3.05) is 39.5 Å². The Morgan fingerprint density at radius 2 is 1.60 bits per heavy atom. The first-order valence-corrected chi connectivity index (χ1v) is 18.6. The number of H-pyrrole nitrogens is 1. The van der Waals surface area contributed by atoms with Crippen molar-refractivity contribution in [2.24, 2.45) is 16.7 Å². The number of fused-ring (bicyclic) bond motifs is 1. The molecule has 0 bridgehead atoms. The first-order valence-electron chi connectivity index (χ1n) is 18.6. The summed E-state index contributed by atoms with van der Waals surface area (Å²) in [6.07, 6.45) is 11.5. The van der Waals surface area contributed by atoms with Crippen molar-refractivity contribution in [2.45, 2.75) is 61.6 Å². The SMILES string of the molecule is C=Cc1c(/C=C\C(C)C)[nH]c2cc(C3=CNC(OCC(=O)NCC(C)(C)COCC(C)(C)CNC(=O)COc4cccc(C(C)=O)c4C(C)=O)C=C3)ccc12. The van der Waals surface area contributed by atoms with Crippen molar-refractivity contribution >= 4 is 52.0 Å². The molecule has 0 saturated heterocycles. The molecule has 55 heavy (non-hydrogen) atoms. The molecule has 294 valence electrons. The normalized spacial score (nSPS) is 14.5. The molecule has 1 aliphatic heterocycles. The van der Waals surface area contributed by atoms with Crippen LogP contribution < -0.4 is 20.7 Å². The van der Waals surface area contributed by atoms with Crippen LogP contribution in [0.5, 0.6) is 5.75 Å². The monoisotopic (exact) mass is 752 g/mol. The number of benzene rings is 2. The van der Waals surface area contributed by atoms with Gasteiger partial charge in [0, 0.05) is 57.8 Å². The molecule has 0 spiro atoms. The highest BCUT2D eigenvalue weighted by molar-refractivity contribution is 6.09. The molecule has 11 nitrogen and oxygen atoms in total. The number of hydrogen-bond donors (Lipinski definition) is 4. The van der Waals surface area contributed by atoms with E-state index in [4.69, 9.17) is 14.2 Å². The van der Waals surface area contributed by atoms with Crippen LogP contribution in [0.25, 0.3) is 28.6 Å². The smallest absolute Gasteiger partial charge is 0.257 e. The molecule has 0 saturated carbocycles. The minimum Gasteiger partial charge on any atom is -0.483 e. The fraction of sp³-hybridized carbons (Fsp3) is 0.409. The van der Waals surface area contributed by atoms with Gasteiger partial charge in [-0.2, -0.15) is 0 Å². The van der Waals surface area contributed by atoms with E-state index in [1.165, 1.54) is 13.8 Å². The summed E-state index contributed by atoms with van der Waals surface area (Å²) in [5.41, 5.74) is 4.88. The third-order valence-corrected chi connectivity index (χ3v) is 8.93. The van der Waals surface area contributed by atoms with Gasteiger partial charge in [0.25, 0.3) is 5.91 Å². The number of nitrogens with one attached hydrogen (secondary N) is 4. The van der Waals surface area contributed by atoms with Gasteiger partial charge in [0.1, 0.15) is 18.6 Å². The van der Waals surface area contributed by atoms with Gasteiger partial charge in [-0.05, 0) is 55.2 Å². The lowest BCUT2D eigenvalue weighted by atomic mass is 9.93. The zero-order valence-corrected chi connectivity index (χ0v) is 33.4. The van der Waals surface area contributed by atoms with Crippen molar-refractivity contribution in [1.29, 1.82) is 0 Å². The molecule has 1 aliphatic rings. The average Bonchev–Trinajstić information content (AvgIpc) is 3.50. The van der Waals surface area contributed by atoms with Gasteiger partial charge in [0.2, 0.25) is 5.91 Å². The third kappa shape index (κ3) is 12.4. The fourth-order valence-electron chi connectivity index (χ4n) is 5.91. The Morgan fingerprint density at radius 1 is 0.927 bits per heavy atom. The standard InChI is InChI=1S/C44H56N4O7/c1-10-33-35-17-15-31(20-37(35)48-36(33)18-14-28(2)3)32-16-19-41(45-21-32)55-23-40(52)47-25-44(8,9)27-53-26-43(6,7)24-46-39(51)22-54-38-13-11-12-34(29(4)49)42(38)30(5)50/h10-21,28,41,45,48H,1,22-27H2,2-9H3,(H,46,51)(H,47,52)/b18-14-. The summed E-state index contributed by atoms with van der Waals surface area (Å²) >= 11 is 0. The fourth-order valence-corrected chi connectivity index (χ4v) is 5.91. The first-order chi connectivity index (χ1) is 26.0. The summed E-state index contributed by atoms with van der Waals surface area (Å²) < 4.78 is 17.4. The molecule has 0 radical (unpaired) electrons. The van der Waals surface area contributed by atoms with Crippen LogP contribution in [0.4, 0.5) is 0 Å². The zero-order chi connectivity index (χ0) is 40.3. The van der Waals surface area contributed by atoms with Gasteiger partial charge < -0.3 is 35.1 Å². The Kier molecular flexibility index (Phi) is 14.6. The first kappa shape index (κ1) is 42.5. The van der Waals surface area contributed by atoms with Crippen molar-refractivity contribution in [1.82, 2.24) is 20.9 Å². The number of ketones is 2. The maximum atomic E-state index is 12.7. The van der Waals surface area contributed by atoms with Gasteiger partial charge in [-0.15, -0.1) is 0 Å². The molecule has 2 aromatic carbocycles. The minimum absolute atomic E-state index is 0.109. The van der Waals surface area contributed by atoms with Gasteiger partial charge >= 0.3 is 0 Å². The third-order valence-electron chi connectivity index (χ3n) is 8.93. The molecule has 3 aromatic rings. The summed E-state index contributed by atoms with van der Waals surface area (Å²) in [5.74, 6) is -0.523. The molecule has 1 unspecified atom stereocenters. The maximum absolute atomic E-state index is 12.7. The molecule has 11 heteroatoms. The number of aromatic amines is 1. The predicted molar refractivity (Wildman–Crippen MR) is 219 cm³/mol. The summed E-state index contributed by atoms with van der Waals surface area (Å²) in [4.78, 5) is 52.8. The maximum Gasteiger partial charge on any atom is 0.257 e. The quantitative estimate of drug-likeness (QED) is 0.0894. The largest absolute Gasteiger partial charge is 0.483 e. The number of allylic oxidation sites excluding steroid dienone is 3. The lowest BCUT2D eigenvalue weighted by Gasteiger charge is -2.29. The van der Waals surface area contributed by atoms with Crippen molar-refractivity contribution in [3.8, 4) is 5.75 Å². The number of Topliss-reactive ketones (excluding diaryl/α,β-unsaturated/α-hetero) is 2. The Hall–Kier alpha value is -5.26. The van der Waals surface area contributed by atoms with Gasteiger partial charge in [-0.25, -0.2) is 0 Å². The van der Waals surface area contributed by atoms with Crippen LogP contribution in [0, 0.1) is 16.7 Å². The molecular formula is C44H56N4O7. The molecule has 2 amide bonds. The van der Waals surface area contributed by atoms with Crippen LogP contribution >= 0.6 is 0 Å². The van der Waals surface area contributed by atoms with Gasteiger partial charge in [-0.3, -0.25) is 19.2 Å². The Labute approximate surface area is 324 Å². The number of amides is 2. The van der Waals surface area contributed by atoms with Crippen LogP contribution in [0.3, 0.4) is 0 Å². The highest BCUT2D eigenvalue weighted by atomic mass is 16.5. The summed E-state index contributed by atoms with van der Waals surface area (Å²) in [7, 11) is 0. The number of dihydropyridines is 1. The second-order valence-corrected chi connectivity index (χ2v) is 15.8. The molecule has 4 N–H and O–H groups in total. The van der Waals surface area contributed by atoms with E-state index in [2.05, 4.69) is 71.7 Å². The van der Waals surface area contributed by atoms with Crippen molar-refractivity contribution in [3.05, 3.63) is 95.4 Å². The minimum atomic E-state index is -0.439. The average molecular weight is 753 g/mol. The van der Waals surface area contributed by atoms with E-state index in [1.807, 2.05) is 52.1 Å². The zero-order valence-electron chi connectivity index (χ0n) is 33.4. The van der Waals surface area contributed by atoms with E-state index in [1.54, 1.807) is 18.2 Å². The van der Waals surface area contributed by atoms with Crippen LogP contribution in [0.1, 0.15) is 92.9 Å². The van der Waals surface area contributed by atoms with E-state index >= 15 is 0 Å². The van der Waals surface area contributed by atoms with Gasteiger partial charge in [0.05, 0.1) is 18.8 Å². The topological polar surface area (TPSA) is 148 Å². The predicted octanol–water partition coefficient (Wildman–Crippen LogP) is 7.11. The summed E-state index contributed by atoms with van der Waals surface area (Å²) in [6, 6.07) is 11.1. The second-order valence-electron chi connectivity index (χ2n) is 15.8. The molecule has 0 fully saturated rings. The van der Waals surface area contributed by atoms with E-state index < -0.39 is 11.6 Å². The number of rotatable bonds is 20.